The molecular formula is C9H11N5S. The van der Waals surface area contributed by atoms with Gasteiger partial charge < -0.3 is 10.6 Å². The van der Waals surface area contributed by atoms with E-state index in [1.165, 1.54) is 24.2 Å². The fourth-order valence-electron chi connectivity index (χ4n) is 1.92. The first-order chi connectivity index (χ1) is 7.34. The Hall–Kier alpha value is -1.43. The number of hydrogen-bond acceptors (Lipinski definition) is 6. The van der Waals surface area contributed by atoms with Gasteiger partial charge in [0.2, 0.25) is 0 Å². The highest BCUT2D eigenvalue weighted by atomic mass is 32.1. The number of nitrogen functional groups attached to an aromatic ring is 1. The molecule has 2 N–H and O–H groups in total. The van der Waals surface area contributed by atoms with Gasteiger partial charge in [0.25, 0.3) is 0 Å². The van der Waals surface area contributed by atoms with E-state index in [0.717, 1.165) is 29.3 Å². The van der Waals surface area contributed by atoms with Gasteiger partial charge in [0.15, 0.2) is 15.8 Å². The SMILES string of the molecule is Nc1nc2c(N3CCCC3)ncnc2s1. The summed E-state index contributed by atoms with van der Waals surface area (Å²) in [7, 11) is 0. The van der Waals surface area contributed by atoms with Crippen LogP contribution in [0.15, 0.2) is 6.33 Å². The highest BCUT2D eigenvalue weighted by Gasteiger charge is 2.18. The molecular weight excluding hydrogens is 210 g/mol. The van der Waals surface area contributed by atoms with E-state index in [0.29, 0.717) is 5.13 Å². The van der Waals surface area contributed by atoms with Gasteiger partial charge in [-0.25, -0.2) is 15.0 Å². The van der Waals surface area contributed by atoms with E-state index in [1.807, 2.05) is 0 Å². The molecule has 0 aromatic carbocycles. The molecule has 0 unspecified atom stereocenters. The number of aromatic nitrogens is 3. The van der Waals surface area contributed by atoms with Crippen molar-refractivity contribution in [1.29, 1.82) is 0 Å². The molecule has 0 amide bonds. The molecule has 0 atom stereocenters. The second-order valence-electron chi connectivity index (χ2n) is 3.60. The molecule has 6 heteroatoms. The molecule has 1 fully saturated rings. The third-order valence-corrected chi connectivity index (χ3v) is 3.39. The number of nitrogens with zero attached hydrogens (tertiary/aromatic N) is 4. The summed E-state index contributed by atoms with van der Waals surface area (Å²) in [6, 6.07) is 0. The molecule has 3 heterocycles. The van der Waals surface area contributed by atoms with Crippen molar-refractivity contribution in [3.8, 4) is 0 Å². The summed E-state index contributed by atoms with van der Waals surface area (Å²) in [6.07, 6.45) is 4.05. The van der Waals surface area contributed by atoms with Crippen LogP contribution in [0.25, 0.3) is 10.3 Å². The van der Waals surface area contributed by atoms with E-state index in [9.17, 15) is 0 Å². The lowest BCUT2D eigenvalue weighted by atomic mass is 10.4. The molecule has 0 radical (unpaired) electrons. The highest BCUT2D eigenvalue weighted by Crippen LogP contribution is 2.29. The number of thiazole rings is 1. The summed E-state index contributed by atoms with van der Waals surface area (Å²) in [4.78, 5) is 15.9. The van der Waals surface area contributed by atoms with E-state index < -0.39 is 0 Å². The van der Waals surface area contributed by atoms with Crippen molar-refractivity contribution >= 4 is 32.6 Å². The van der Waals surface area contributed by atoms with Gasteiger partial charge in [-0.2, -0.15) is 0 Å². The first-order valence-corrected chi connectivity index (χ1v) is 5.78. The van der Waals surface area contributed by atoms with Crippen molar-refractivity contribution in [1.82, 2.24) is 15.0 Å². The second-order valence-corrected chi connectivity index (χ2v) is 4.61. The van der Waals surface area contributed by atoms with Crippen molar-refractivity contribution in [3.05, 3.63) is 6.33 Å². The van der Waals surface area contributed by atoms with Crippen LogP contribution in [-0.4, -0.2) is 28.0 Å². The molecule has 1 aliphatic rings. The van der Waals surface area contributed by atoms with Crippen LogP contribution in [0.3, 0.4) is 0 Å². The quantitative estimate of drug-likeness (QED) is 0.785. The van der Waals surface area contributed by atoms with E-state index >= 15 is 0 Å². The van der Waals surface area contributed by atoms with Gasteiger partial charge in [0, 0.05) is 13.1 Å². The monoisotopic (exact) mass is 221 g/mol. The third-order valence-electron chi connectivity index (χ3n) is 2.60. The lowest BCUT2D eigenvalue weighted by Gasteiger charge is -2.15. The standard InChI is InChI=1S/C9H11N5S/c10-9-13-6-7(14-3-1-2-4-14)11-5-12-8(6)15-9/h5H,1-4H2,(H2,10,13). The Balaban J connectivity index is 2.16. The van der Waals surface area contributed by atoms with Gasteiger partial charge in [0.05, 0.1) is 0 Å². The summed E-state index contributed by atoms with van der Waals surface area (Å²) in [5.74, 6) is 0.936. The molecule has 2 aromatic heterocycles. The van der Waals surface area contributed by atoms with Gasteiger partial charge in [-0.15, -0.1) is 0 Å². The van der Waals surface area contributed by atoms with Crippen LogP contribution in [-0.2, 0) is 0 Å². The molecule has 0 aliphatic carbocycles. The maximum atomic E-state index is 5.68. The minimum absolute atomic E-state index is 0.561. The van der Waals surface area contributed by atoms with Crippen LogP contribution in [0.1, 0.15) is 12.8 Å². The van der Waals surface area contributed by atoms with Crippen molar-refractivity contribution in [2.45, 2.75) is 12.8 Å². The zero-order chi connectivity index (χ0) is 10.3. The molecule has 0 spiro atoms. The summed E-state index contributed by atoms with van der Waals surface area (Å²) in [6.45, 7) is 2.12. The number of fused-ring (bicyclic) bond motifs is 1. The van der Waals surface area contributed by atoms with Gasteiger partial charge in [-0.3, -0.25) is 0 Å². The number of nitrogens with two attached hydrogens (primary N) is 1. The molecule has 78 valence electrons. The van der Waals surface area contributed by atoms with Crippen LogP contribution in [0.5, 0.6) is 0 Å². The Kier molecular flexibility index (Phi) is 1.95. The Morgan fingerprint density at radius 2 is 2.07 bits per heavy atom. The summed E-state index contributed by atoms with van der Waals surface area (Å²) in [5.41, 5.74) is 6.53. The Bertz CT molecular complexity index is 488. The van der Waals surface area contributed by atoms with E-state index in [-0.39, 0.29) is 0 Å². The number of rotatable bonds is 1. The van der Waals surface area contributed by atoms with Crippen molar-refractivity contribution < 1.29 is 0 Å². The van der Waals surface area contributed by atoms with Crippen LogP contribution in [0.2, 0.25) is 0 Å². The Morgan fingerprint density at radius 1 is 1.27 bits per heavy atom. The first kappa shape index (κ1) is 8.84. The molecule has 0 saturated carbocycles. The van der Waals surface area contributed by atoms with Crippen LogP contribution in [0.4, 0.5) is 10.9 Å². The summed E-state index contributed by atoms with van der Waals surface area (Å²) >= 11 is 1.41. The summed E-state index contributed by atoms with van der Waals surface area (Å²) in [5, 5.41) is 0.561. The van der Waals surface area contributed by atoms with Crippen molar-refractivity contribution in [2.24, 2.45) is 0 Å². The Labute approximate surface area is 91.0 Å². The topological polar surface area (TPSA) is 67.9 Å². The molecule has 0 bridgehead atoms. The second kappa shape index (κ2) is 3.30. The maximum Gasteiger partial charge on any atom is 0.182 e. The smallest absolute Gasteiger partial charge is 0.182 e. The fourth-order valence-corrected chi connectivity index (χ4v) is 2.59. The average Bonchev–Trinajstić information content (AvgIpc) is 2.82. The van der Waals surface area contributed by atoms with Crippen molar-refractivity contribution in [2.75, 3.05) is 23.7 Å². The minimum Gasteiger partial charge on any atom is -0.375 e. The summed E-state index contributed by atoms with van der Waals surface area (Å²) < 4.78 is 0. The van der Waals surface area contributed by atoms with Crippen LogP contribution >= 0.6 is 11.3 Å². The molecule has 1 aliphatic heterocycles. The van der Waals surface area contributed by atoms with E-state index in [4.69, 9.17) is 5.73 Å². The number of anilines is 2. The van der Waals surface area contributed by atoms with Gasteiger partial charge in [-0.1, -0.05) is 11.3 Å². The molecule has 2 aromatic rings. The van der Waals surface area contributed by atoms with E-state index in [2.05, 4.69) is 19.9 Å². The van der Waals surface area contributed by atoms with Gasteiger partial charge in [-0.05, 0) is 12.8 Å². The predicted octanol–water partition coefficient (Wildman–Crippen LogP) is 1.27. The largest absolute Gasteiger partial charge is 0.375 e. The zero-order valence-electron chi connectivity index (χ0n) is 8.18. The van der Waals surface area contributed by atoms with Crippen molar-refractivity contribution in [3.63, 3.8) is 0 Å². The third kappa shape index (κ3) is 1.41. The van der Waals surface area contributed by atoms with Gasteiger partial charge >= 0.3 is 0 Å². The molecule has 3 rings (SSSR count). The molecule has 15 heavy (non-hydrogen) atoms. The van der Waals surface area contributed by atoms with Gasteiger partial charge in [0.1, 0.15) is 11.8 Å². The zero-order valence-corrected chi connectivity index (χ0v) is 9.00. The van der Waals surface area contributed by atoms with Crippen LogP contribution in [0, 0.1) is 0 Å². The highest BCUT2D eigenvalue weighted by molar-refractivity contribution is 7.21. The normalized spacial score (nSPS) is 16.4. The Morgan fingerprint density at radius 3 is 2.87 bits per heavy atom. The minimum atomic E-state index is 0.561. The number of hydrogen-bond donors (Lipinski definition) is 1. The molecule has 5 nitrogen and oxygen atoms in total. The lowest BCUT2D eigenvalue weighted by molar-refractivity contribution is 0.937. The average molecular weight is 221 g/mol. The molecule has 1 saturated heterocycles. The predicted molar refractivity (Wildman–Crippen MR) is 61.1 cm³/mol. The fraction of sp³-hybridized carbons (Fsp3) is 0.444. The lowest BCUT2D eigenvalue weighted by Crippen LogP contribution is -2.19. The van der Waals surface area contributed by atoms with E-state index in [1.54, 1.807) is 6.33 Å². The first-order valence-electron chi connectivity index (χ1n) is 4.96. The maximum absolute atomic E-state index is 5.68. The van der Waals surface area contributed by atoms with Crippen LogP contribution < -0.4 is 10.6 Å².